The zero-order valence-electron chi connectivity index (χ0n) is 16.5. The summed E-state index contributed by atoms with van der Waals surface area (Å²) < 4.78 is 39.2. The van der Waals surface area contributed by atoms with Gasteiger partial charge in [-0.25, -0.2) is 0 Å². The molecule has 0 bridgehead atoms. The molecule has 0 saturated carbocycles. The lowest BCUT2D eigenvalue weighted by Gasteiger charge is -2.41. The van der Waals surface area contributed by atoms with Crippen molar-refractivity contribution in [3.63, 3.8) is 0 Å². The zero-order chi connectivity index (χ0) is 23.0. The molecule has 3 aromatic rings. The van der Waals surface area contributed by atoms with Gasteiger partial charge in [0.05, 0.1) is 11.6 Å². The predicted molar refractivity (Wildman–Crippen MR) is 112 cm³/mol. The first kappa shape index (κ1) is 21.9. The highest BCUT2D eigenvalue weighted by atomic mass is 35.5. The average Bonchev–Trinajstić information content (AvgIpc) is 2.76. The lowest BCUT2D eigenvalue weighted by Crippen LogP contribution is -2.44. The second kappa shape index (κ2) is 8.31. The summed E-state index contributed by atoms with van der Waals surface area (Å²) in [4.78, 5) is 27.1. The third-order valence-electron chi connectivity index (χ3n) is 5.55. The van der Waals surface area contributed by atoms with Crippen LogP contribution in [0.25, 0.3) is 0 Å². The average molecular weight is 460 g/mol. The smallest absolute Gasteiger partial charge is 0.416 e. The Bertz CT molecular complexity index is 1160. The van der Waals surface area contributed by atoms with E-state index in [4.69, 9.17) is 11.6 Å². The molecule has 0 spiro atoms. The number of rotatable bonds is 4. The van der Waals surface area contributed by atoms with Crippen molar-refractivity contribution in [3.8, 4) is 0 Å². The normalized spacial score (nSPS) is 18.4. The van der Waals surface area contributed by atoms with Gasteiger partial charge in [0.1, 0.15) is 5.92 Å². The number of carbonyl (C=O) groups excluding carboxylic acids is 1. The summed E-state index contributed by atoms with van der Waals surface area (Å²) in [7, 11) is 0. The summed E-state index contributed by atoms with van der Waals surface area (Å²) in [6.45, 7) is 0.0693. The first-order valence-electron chi connectivity index (χ1n) is 9.71. The van der Waals surface area contributed by atoms with Crippen LogP contribution in [0.15, 0.2) is 72.8 Å². The fourth-order valence-corrected chi connectivity index (χ4v) is 4.19. The van der Waals surface area contributed by atoms with Gasteiger partial charge in [0.2, 0.25) is 0 Å². The van der Waals surface area contributed by atoms with E-state index in [0.29, 0.717) is 21.7 Å². The van der Waals surface area contributed by atoms with Crippen molar-refractivity contribution in [2.45, 2.75) is 24.7 Å². The van der Waals surface area contributed by atoms with Crippen LogP contribution in [0, 0.1) is 0 Å². The second-order valence-corrected chi connectivity index (χ2v) is 7.96. The SMILES string of the molecule is O=C(O)C1c2ccccc2C(=O)N(Cc2ccc(Cl)cc2)C1c1ccc(C(F)(F)F)cc1. The van der Waals surface area contributed by atoms with E-state index < -0.39 is 35.6 Å². The molecule has 8 heteroatoms. The number of carboxylic acid groups (broad SMARTS) is 1. The third kappa shape index (κ3) is 4.08. The number of aliphatic carboxylic acids is 1. The summed E-state index contributed by atoms with van der Waals surface area (Å²) in [6.07, 6.45) is -4.53. The van der Waals surface area contributed by atoms with Gasteiger partial charge in [-0.05, 0) is 47.0 Å². The number of fused-ring (bicyclic) bond motifs is 1. The van der Waals surface area contributed by atoms with E-state index in [1.807, 2.05) is 0 Å². The molecule has 2 unspecified atom stereocenters. The van der Waals surface area contributed by atoms with Gasteiger partial charge < -0.3 is 10.0 Å². The topological polar surface area (TPSA) is 57.6 Å². The Kier molecular flexibility index (Phi) is 5.69. The number of benzene rings is 3. The summed E-state index contributed by atoms with van der Waals surface area (Å²) in [5, 5.41) is 10.6. The summed E-state index contributed by atoms with van der Waals surface area (Å²) in [6, 6.07) is 16.4. The van der Waals surface area contributed by atoms with Gasteiger partial charge >= 0.3 is 12.1 Å². The first-order valence-corrected chi connectivity index (χ1v) is 10.1. The molecule has 4 nitrogen and oxygen atoms in total. The maximum Gasteiger partial charge on any atom is 0.416 e. The quantitative estimate of drug-likeness (QED) is 0.526. The molecule has 1 heterocycles. The van der Waals surface area contributed by atoms with Crippen molar-refractivity contribution in [1.82, 2.24) is 4.90 Å². The maximum atomic E-state index is 13.4. The largest absolute Gasteiger partial charge is 0.481 e. The Morgan fingerprint density at radius 3 is 2.19 bits per heavy atom. The first-order chi connectivity index (χ1) is 15.2. The van der Waals surface area contributed by atoms with Crippen LogP contribution in [0.5, 0.6) is 0 Å². The molecule has 1 N–H and O–H groups in total. The molecule has 2 atom stereocenters. The number of amides is 1. The number of carboxylic acids is 1. The van der Waals surface area contributed by atoms with E-state index in [1.54, 1.807) is 48.5 Å². The zero-order valence-corrected chi connectivity index (χ0v) is 17.3. The van der Waals surface area contributed by atoms with E-state index in [0.717, 1.165) is 12.1 Å². The van der Waals surface area contributed by atoms with Crippen LogP contribution in [-0.2, 0) is 17.5 Å². The molecule has 1 aliphatic rings. The molecule has 1 amide bonds. The maximum absolute atomic E-state index is 13.4. The molecular formula is C24H17ClF3NO3. The van der Waals surface area contributed by atoms with Gasteiger partial charge in [-0.2, -0.15) is 13.2 Å². The lowest BCUT2D eigenvalue weighted by atomic mass is 9.79. The third-order valence-corrected chi connectivity index (χ3v) is 5.80. The Morgan fingerprint density at radius 2 is 1.59 bits per heavy atom. The van der Waals surface area contributed by atoms with Crippen molar-refractivity contribution in [2.75, 3.05) is 0 Å². The van der Waals surface area contributed by atoms with Crippen LogP contribution in [-0.4, -0.2) is 21.9 Å². The number of nitrogens with zero attached hydrogens (tertiary/aromatic N) is 1. The molecule has 1 aliphatic heterocycles. The monoisotopic (exact) mass is 459 g/mol. The molecule has 3 aromatic carbocycles. The number of hydrogen-bond acceptors (Lipinski definition) is 2. The van der Waals surface area contributed by atoms with Crippen molar-refractivity contribution in [2.24, 2.45) is 0 Å². The highest BCUT2D eigenvalue weighted by Gasteiger charge is 2.44. The summed E-state index contributed by atoms with van der Waals surface area (Å²) in [5.74, 6) is -2.71. The Balaban J connectivity index is 1.85. The van der Waals surface area contributed by atoms with Crippen LogP contribution in [0.3, 0.4) is 0 Å². The van der Waals surface area contributed by atoms with E-state index in [2.05, 4.69) is 0 Å². The molecule has 0 aromatic heterocycles. The minimum absolute atomic E-state index is 0.0693. The molecule has 0 radical (unpaired) electrons. The van der Waals surface area contributed by atoms with E-state index in [-0.39, 0.29) is 12.1 Å². The number of hydrogen-bond donors (Lipinski definition) is 1. The Labute approximate surface area is 186 Å². The van der Waals surface area contributed by atoms with Crippen molar-refractivity contribution >= 4 is 23.5 Å². The molecule has 164 valence electrons. The van der Waals surface area contributed by atoms with Gasteiger partial charge in [-0.3, -0.25) is 9.59 Å². The lowest BCUT2D eigenvalue weighted by molar-refractivity contribution is -0.141. The summed E-state index contributed by atoms with van der Waals surface area (Å²) >= 11 is 5.94. The molecule has 0 fully saturated rings. The Hall–Kier alpha value is -3.32. The van der Waals surface area contributed by atoms with Gasteiger partial charge in [0.15, 0.2) is 0 Å². The van der Waals surface area contributed by atoms with E-state index in [1.165, 1.54) is 17.0 Å². The standard InChI is InChI=1S/C24H17ClF3NO3/c25-17-11-5-14(6-12-17)13-29-21(15-7-9-16(10-8-15)24(26,27)28)20(23(31)32)18-3-1-2-4-19(18)22(29)30/h1-12,20-21H,13H2,(H,31,32). The van der Waals surface area contributed by atoms with Crippen LogP contribution in [0.1, 0.15) is 44.6 Å². The van der Waals surface area contributed by atoms with Crippen molar-refractivity contribution in [1.29, 1.82) is 0 Å². The number of alkyl halides is 3. The van der Waals surface area contributed by atoms with Crippen LogP contribution in [0.2, 0.25) is 5.02 Å². The van der Waals surface area contributed by atoms with Crippen molar-refractivity contribution < 1.29 is 27.9 Å². The Morgan fingerprint density at radius 1 is 0.969 bits per heavy atom. The molecule has 0 aliphatic carbocycles. The van der Waals surface area contributed by atoms with Gasteiger partial charge in [0, 0.05) is 17.1 Å². The van der Waals surface area contributed by atoms with E-state index in [9.17, 15) is 27.9 Å². The minimum atomic E-state index is -4.53. The highest BCUT2D eigenvalue weighted by molar-refractivity contribution is 6.30. The molecular weight excluding hydrogens is 443 g/mol. The predicted octanol–water partition coefficient (Wildman–Crippen LogP) is 5.92. The van der Waals surface area contributed by atoms with Gasteiger partial charge in [-0.1, -0.05) is 54.1 Å². The summed E-state index contributed by atoms with van der Waals surface area (Å²) in [5.41, 5.74) is 0.768. The molecule has 4 rings (SSSR count). The van der Waals surface area contributed by atoms with Crippen LogP contribution in [0.4, 0.5) is 13.2 Å². The highest BCUT2D eigenvalue weighted by Crippen LogP contribution is 2.44. The van der Waals surface area contributed by atoms with Crippen LogP contribution >= 0.6 is 11.6 Å². The molecule has 0 saturated heterocycles. The second-order valence-electron chi connectivity index (χ2n) is 7.53. The number of carbonyl (C=O) groups is 2. The van der Waals surface area contributed by atoms with Crippen LogP contribution < -0.4 is 0 Å². The van der Waals surface area contributed by atoms with Crippen molar-refractivity contribution in [3.05, 3.63) is 106 Å². The minimum Gasteiger partial charge on any atom is -0.481 e. The number of halogens is 4. The van der Waals surface area contributed by atoms with E-state index >= 15 is 0 Å². The molecule has 32 heavy (non-hydrogen) atoms. The fraction of sp³-hybridized carbons (Fsp3) is 0.167. The van der Waals surface area contributed by atoms with Gasteiger partial charge in [0.25, 0.3) is 5.91 Å². The fourth-order valence-electron chi connectivity index (χ4n) is 4.06. The van der Waals surface area contributed by atoms with Gasteiger partial charge in [-0.15, -0.1) is 0 Å².